The molecule has 118 valence electrons. The van der Waals surface area contributed by atoms with Crippen LogP contribution >= 0.6 is 0 Å². The molecule has 2 rings (SSSR count). The Hall–Kier alpha value is -2.17. The third-order valence-electron chi connectivity index (χ3n) is 3.54. The number of aromatic nitrogens is 2. The molecular formula is C17H21FN2O2. The van der Waals surface area contributed by atoms with Crippen molar-refractivity contribution in [1.82, 2.24) is 9.55 Å². The Morgan fingerprint density at radius 2 is 2.09 bits per heavy atom. The molecule has 0 N–H and O–H groups in total. The second kappa shape index (κ2) is 7.73. The molecule has 0 aliphatic carbocycles. The van der Waals surface area contributed by atoms with Crippen LogP contribution in [0.15, 0.2) is 35.4 Å². The average molecular weight is 304 g/mol. The fraction of sp³-hybridized carbons (Fsp3) is 0.412. The molecule has 0 aliphatic rings. The summed E-state index contributed by atoms with van der Waals surface area (Å²) in [6.45, 7) is 2.17. The minimum atomic E-state index is -0.729. The first kappa shape index (κ1) is 16.2. The molecule has 0 spiro atoms. The largest absolute Gasteiger partial charge is 0.447 e. The number of hydrogen-bond acceptors (Lipinski definition) is 3. The first-order chi connectivity index (χ1) is 10.6. The summed E-state index contributed by atoms with van der Waals surface area (Å²) < 4.78 is 20.7. The molecule has 0 fully saturated rings. The van der Waals surface area contributed by atoms with Crippen molar-refractivity contribution in [3.8, 4) is 11.5 Å². The number of nitrogens with zero attached hydrogens (tertiary/aromatic N) is 2. The molecule has 22 heavy (non-hydrogen) atoms. The Labute approximate surface area is 129 Å². The van der Waals surface area contributed by atoms with E-state index in [4.69, 9.17) is 4.74 Å². The molecule has 0 saturated heterocycles. The molecule has 2 heterocycles. The van der Waals surface area contributed by atoms with Crippen LogP contribution in [0, 0.1) is 5.95 Å². The maximum absolute atomic E-state index is 13.5. The van der Waals surface area contributed by atoms with E-state index in [1.807, 2.05) is 11.6 Å². The van der Waals surface area contributed by atoms with Gasteiger partial charge in [-0.05, 0) is 25.0 Å². The quantitative estimate of drug-likeness (QED) is 0.577. The van der Waals surface area contributed by atoms with Gasteiger partial charge in [0.25, 0.3) is 5.95 Å². The molecule has 2 aromatic rings. The minimum absolute atomic E-state index is 0.0460. The molecule has 4 nitrogen and oxygen atoms in total. The second-order valence-electron chi connectivity index (χ2n) is 5.31. The molecule has 0 saturated carbocycles. The highest BCUT2D eigenvalue weighted by atomic mass is 19.1. The Kier molecular flexibility index (Phi) is 5.69. The lowest BCUT2D eigenvalue weighted by molar-refractivity contribution is 0.421. The summed E-state index contributed by atoms with van der Waals surface area (Å²) >= 11 is 0. The number of hydrogen-bond donors (Lipinski definition) is 0. The van der Waals surface area contributed by atoms with Gasteiger partial charge in [-0.2, -0.15) is 4.39 Å². The van der Waals surface area contributed by atoms with Gasteiger partial charge in [0.15, 0.2) is 11.5 Å². The number of rotatable bonds is 7. The van der Waals surface area contributed by atoms with Gasteiger partial charge >= 0.3 is 0 Å². The maximum atomic E-state index is 13.5. The number of halogens is 1. The third kappa shape index (κ3) is 4.16. The summed E-state index contributed by atoms with van der Waals surface area (Å²) in [4.78, 5) is 15.6. The highest BCUT2D eigenvalue weighted by molar-refractivity contribution is 5.29. The van der Waals surface area contributed by atoms with E-state index in [9.17, 15) is 9.18 Å². The van der Waals surface area contributed by atoms with Crippen LogP contribution in [0.3, 0.4) is 0 Å². The van der Waals surface area contributed by atoms with Gasteiger partial charge in [-0.25, -0.2) is 4.98 Å². The van der Waals surface area contributed by atoms with Gasteiger partial charge in [0.05, 0.1) is 6.20 Å². The molecule has 0 radical (unpaired) electrons. The zero-order chi connectivity index (χ0) is 15.9. The SMILES string of the molecule is CCCCCCc1cc(=O)c(Oc2cccnc2F)cn1C. The second-order valence-corrected chi connectivity index (χ2v) is 5.31. The summed E-state index contributed by atoms with van der Waals surface area (Å²) in [7, 11) is 1.86. The van der Waals surface area contributed by atoms with Gasteiger partial charge in [0.2, 0.25) is 5.43 Å². The molecule has 5 heteroatoms. The maximum Gasteiger partial charge on any atom is 0.255 e. The predicted octanol–water partition coefficient (Wildman–Crippen LogP) is 3.83. The topological polar surface area (TPSA) is 44.1 Å². The van der Waals surface area contributed by atoms with E-state index in [0.29, 0.717) is 0 Å². The van der Waals surface area contributed by atoms with E-state index in [1.165, 1.54) is 25.1 Å². The first-order valence-electron chi connectivity index (χ1n) is 7.59. The van der Waals surface area contributed by atoms with Crippen molar-refractivity contribution in [1.29, 1.82) is 0 Å². The molecule has 0 amide bonds. The van der Waals surface area contributed by atoms with Crippen molar-refractivity contribution in [2.45, 2.75) is 39.0 Å². The Morgan fingerprint density at radius 3 is 2.82 bits per heavy atom. The first-order valence-corrected chi connectivity index (χ1v) is 7.59. The number of aryl methyl sites for hydroxylation is 2. The zero-order valence-electron chi connectivity index (χ0n) is 13.0. The van der Waals surface area contributed by atoms with Crippen molar-refractivity contribution in [3.63, 3.8) is 0 Å². The normalized spacial score (nSPS) is 10.7. The van der Waals surface area contributed by atoms with E-state index in [-0.39, 0.29) is 16.9 Å². The highest BCUT2D eigenvalue weighted by Gasteiger charge is 2.10. The predicted molar refractivity (Wildman–Crippen MR) is 83.8 cm³/mol. The van der Waals surface area contributed by atoms with Crippen LogP contribution in [0.25, 0.3) is 0 Å². The third-order valence-corrected chi connectivity index (χ3v) is 3.54. The van der Waals surface area contributed by atoms with E-state index in [0.717, 1.165) is 25.0 Å². The van der Waals surface area contributed by atoms with Crippen LogP contribution in [0.4, 0.5) is 4.39 Å². The monoisotopic (exact) mass is 304 g/mol. The molecule has 2 aromatic heterocycles. The lowest BCUT2D eigenvalue weighted by atomic mass is 10.1. The van der Waals surface area contributed by atoms with Crippen molar-refractivity contribution < 1.29 is 9.13 Å². The van der Waals surface area contributed by atoms with Gasteiger partial charge in [-0.15, -0.1) is 0 Å². The van der Waals surface area contributed by atoms with Gasteiger partial charge < -0.3 is 9.30 Å². The van der Waals surface area contributed by atoms with Crippen LogP contribution in [0.2, 0.25) is 0 Å². The van der Waals surface area contributed by atoms with Crippen molar-refractivity contribution in [2.75, 3.05) is 0 Å². The van der Waals surface area contributed by atoms with Crippen LogP contribution in [0.1, 0.15) is 38.3 Å². The van der Waals surface area contributed by atoms with Crippen molar-refractivity contribution in [3.05, 3.63) is 52.5 Å². The molecule has 0 unspecified atom stereocenters. The number of pyridine rings is 2. The Balaban J connectivity index is 2.13. The summed E-state index contributed by atoms with van der Waals surface area (Å²) in [6, 6.07) is 4.57. The lowest BCUT2D eigenvalue weighted by Crippen LogP contribution is -2.12. The fourth-order valence-electron chi connectivity index (χ4n) is 2.27. The zero-order valence-corrected chi connectivity index (χ0v) is 13.0. The number of unbranched alkanes of at least 4 members (excludes halogenated alkanes) is 3. The summed E-state index contributed by atoms with van der Waals surface area (Å²) in [5.41, 5.74) is 0.715. The van der Waals surface area contributed by atoms with Crippen molar-refractivity contribution in [2.24, 2.45) is 7.05 Å². The smallest absolute Gasteiger partial charge is 0.255 e. The van der Waals surface area contributed by atoms with Crippen LogP contribution in [-0.4, -0.2) is 9.55 Å². The van der Waals surface area contributed by atoms with Crippen LogP contribution in [-0.2, 0) is 13.5 Å². The average Bonchev–Trinajstić information content (AvgIpc) is 2.50. The van der Waals surface area contributed by atoms with E-state index >= 15 is 0 Å². The molecule has 0 aromatic carbocycles. The molecule has 0 bridgehead atoms. The Morgan fingerprint density at radius 1 is 1.27 bits per heavy atom. The summed E-state index contributed by atoms with van der Waals surface area (Å²) in [5.74, 6) is -0.671. The lowest BCUT2D eigenvalue weighted by Gasteiger charge is -2.11. The van der Waals surface area contributed by atoms with Gasteiger partial charge in [0.1, 0.15) is 0 Å². The molecule has 0 atom stereocenters. The van der Waals surface area contributed by atoms with E-state index in [1.54, 1.807) is 18.3 Å². The van der Waals surface area contributed by atoms with Crippen molar-refractivity contribution >= 4 is 0 Å². The van der Waals surface area contributed by atoms with Crippen LogP contribution in [0.5, 0.6) is 11.5 Å². The van der Waals surface area contributed by atoms with Gasteiger partial charge in [-0.3, -0.25) is 4.79 Å². The van der Waals surface area contributed by atoms with E-state index < -0.39 is 5.95 Å². The highest BCUT2D eigenvalue weighted by Crippen LogP contribution is 2.20. The number of ether oxygens (including phenoxy) is 1. The summed E-state index contributed by atoms with van der Waals surface area (Å²) in [6.07, 6.45) is 8.39. The standard InChI is InChI=1S/C17H21FN2O2/c1-3-4-5-6-8-13-11-14(21)16(12-20(13)2)22-15-9-7-10-19-17(15)18/h7,9-12H,3-6,8H2,1-2H3. The Bertz CT molecular complexity index is 683. The fourth-order valence-corrected chi connectivity index (χ4v) is 2.27. The van der Waals surface area contributed by atoms with Gasteiger partial charge in [0, 0.05) is 25.0 Å². The molecule has 0 aliphatic heterocycles. The van der Waals surface area contributed by atoms with Gasteiger partial charge in [-0.1, -0.05) is 26.2 Å². The molecular weight excluding hydrogens is 283 g/mol. The van der Waals surface area contributed by atoms with Crippen LogP contribution < -0.4 is 10.2 Å². The summed E-state index contributed by atoms with van der Waals surface area (Å²) in [5, 5.41) is 0. The minimum Gasteiger partial charge on any atom is -0.447 e. The van der Waals surface area contributed by atoms with E-state index in [2.05, 4.69) is 11.9 Å².